The van der Waals surface area contributed by atoms with Crippen LogP contribution < -0.4 is 0 Å². The molecule has 0 heteroatoms. The smallest absolute Gasteiger partial charge is 0.0223 e. The fourth-order valence-corrected chi connectivity index (χ4v) is 0.683. The molecule has 0 amide bonds. The van der Waals surface area contributed by atoms with Crippen LogP contribution in [0.5, 0.6) is 0 Å². The lowest BCUT2D eigenvalue weighted by atomic mass is 9.79. The highest BCUT2D eigenvalue weighted by Crippen LogP contribution is 2.27. The quantitative estimate of drug-likeness (QED) is 0.503. The summed E-state index contributed by atoms with van der Waals surface area (Å²) in [6, 6.07) is 0. The summed E-state index contributed by atoms with van der Waals surface area (Å²) in [7, 11) is 0. The normalized spacial score (nSPS) is 16.9. The molecule has 0 saturated carbocycles. The van der Waals surface area contributed by atoms with Gasteiger partial charge in [0.25, 0.3) is 0 Å². The summed E-state index contributed by atoms with van der Waals surface area (Å²) >= 11 is 0. The monoisotopic (exact) mass is 194 g/mol. The van der Waals surface area contributed by atoms with Gasteiger partial charge in [0.05, 0.1) is 0 Å². The Kier molecular flexibility index (Phi) is 4.25. The van der Waals surface area contributed by atoms with Crippen molar-refractivity contribution in [2.24, 2.45) is 22.7 Å². The SMILES string of the molecule is CC(C#CC(C)C(C)(C)C)C(C)(C)C. The van der Waals surface area contributed by atoms with E-state index in [1.165, 1.54) is 0 Å². The van der Waals surface area contributed by atoms with Crippen molar-refractivity contribution in [1.82, 2.24) is 0 Å². The third kappa shape index (κ3) is 4.70. The van der Waals surface area contributed by atoms with Crippen molar-refractivity contribution in [3.8, 4) is 11.8 Å². The van der Waals surface area contributed by atoms with E-state index in [4.69, 9.17) is 0 Å². The maximum absolute atomic E-state index is 3.38. The summed E-state index contributed by atoms with van der Waals surface area (Å²) in [4.78, 5) is 0. The maximum Gasteiger partial charge on any atom is 0.0223 e. The molecule has 0 N–H and O–H groups in total. The molecule has 0 aromatic rings. The van der Waals surface area contributed by atoms with Gasteiger partial charge >= 0.3 is 0 Å². The first-order chi connectivity index (χ1) is 6.05. The van der Waals surface area contributed by atoms with Gasteiger partial charge in [-0.05, 0) is 10.8 Å². The number of rotatable bonds is 0. The van der Waals surface area contributed by atoms with E-state index in [9.17, 15) is 0 Å². The average Bonchev–Trinajstić information content (AvgIpc) is 1.95. The van der Waals surface area contributed by atoms with E-state index in [1.807, 2.05) is 0 Å². The van der Waals surface area contributed by atoms with Gasteiger partial charge in [-0.25, -0.2) is 0 Å². The van der Waals surface area contributed by atoms with Gasteiger partial charge in [-0.3, -0.25) is 0 Å². The largest absolute Gasteiger partial charge is 0.0993 e. The van der Waals surface area contributed by atoms with Gasteiger partial charge in [0.2, 0.25) is 0 Å². The second-order valence-corrected chi connectivity index (χ2v) is 6.46. The highest BCUT2D eigenvalue weighted by Gasteiger charge is 2.20. The summed E-state index contributed by atoms with van der Waals surface area (Å²) in [6.45, 7) is 17.9. The lowest BCUT2D eigenvalue weighted by Gasteiger charge is -2.25. The molecule has 0 saturated heterocycles. The van der Waals surface area contributed by atoms with Crippen LogP contribution >= 0.6 is 0 Å². The molecule has 0 aliphatic carbocycles. The molecule has 0 aliphatic heterocycles. The second kappa shape index (κ2) is 4.39. The highest BCUT2D eigenvalue weighted by molar-refractivity contribution is 5.10. The van der Waals surface area contributed by atoms with Crippen LogP contribution in [0.15, 0.2) is 0 Å². The summed E-state index contributed by atoms with van der Waals surface area (Å²) in [6.07, 6.45) is 0. The lowest BCUT2D eigenvalue weighted by Crippen LogP contribution is -2.18. The Hall–Kier alpha value is -0.440. The Labute approximate surface area is 90.5 Å². The first-order valence-electron chi connectivity index (χ1n) is 5.56. The van der Waals surface area contributed by atoms with Crippen LogP contribution in [0.1, 0.15) is 55.4 Å². The predicted molar refractivity (Wildman–Crippen MR) is 65.0 cm³/mol. The zero-order chi connectivity index (χ0) is 11.6. The summed E-state index contributed by atoms with van der Waals surface area (Å²) in [5.41, 5.74) is 0.592. The second-order valence-electron chi connectivity index (χ2n) is 6.46. The van der Waals surface area contributed by atoms with Crippen LogP contribution in [0, 0.1) is 34.5 Å². The third-order valence-electron chi connectivity index (χ3n) is 3.11. The van der Waals surface area contributed by atoms with Crippen LogP contribution in [0.2, 0.25) is 0 Å². The molecular formula is C14H26. The van der Waals surface area contributed by atoms with Gasteiger partial charge in [0.1, 0.15) is 0 Å². The zero-order valence-electron chi connectivity index (χ0n) is 11.2. The molecule has 0 spiro atoms. The van der Waals surface area contributed by atoms with Crippen LogP contribution in [-0.4, -0.2) is 0 Å². The number of hydrogen-bond donors (Lipinski definition) is 0. The molecule has 2 atom stereocenters. The van der Waals surface area contributed by atoms with Crippen molar-refractivity contribution in [3.63, 3.8) is 0 Å². The van der Waals surface area contributed by atoms with E-state index in [0.29, 0.717) is 22.7 Å². The predicted octanol–water partition coefficient (Wildman–Crippen LogP) is 4.35. The fourth-order valence-electron chi connectivity index (χ4n) is 0.683. The lowest BCUT2D eigenvalue weighted by molar-refractivity contribution is 0.313. The molecule has 0 rings (SSSR count). The van der Waals surface area contributed by atoms with Gasteiger partial charge < -0.3 is 0 Å². The fraction of sp³-hybridized carbons (Fsp3) is 0.857. The minimum atomic E-state index is 0.296. The molecule has 2 unspecified atom stereocenters. The van der Waals surface area contributed by atoms with E-state index < -0.39 is 0 Å². The Morgan fingerprint density at radius 3 is 1.00 bits per heavy atom. The van der Waals surface area contributed by atoms with E-state index in [-0.39, 0.29) is 0 Å². The Bertz CT molecular complexity index is 199. The van der Waals surface area contributed by atoms with Gasteiger partial charge in [0.15, 0.2) is 0 Å². The van der Waals surface area contributed by atoms with Crippen molar-refractivity contribution < 1.29 is 0 Å². The van der Waals surface area contributed by atoms with Gasteiger partial charge in [-0.2, -0.15) is 0 Å². The first kappa shape index (κ1) is 13.6. The maximum atomic E-state index is 3.38. The summed E-state index contributed by atoms with van der Waals surface area (Å²) in [5, 5.41) is 0. The minimum absolute atomic E-state index is 0.296. The highest BCUT2D eigenvalue weighted by atomic mass is 14.2. The molecular weight excluding hydrogens is 168 g/mol. The van der Waals surface area contributed by atoms with Gasteiger partial charge in [-0.1, -0.05) is 67.2 Å². The molecule has 0 heterocycles. The minimum Gasteiger partial charge on any atom is -0.0993 e. The van der Waals surface area contributed by atoms with Crippen LogP contribution in [0.25, 0.3) is 0 Å². The van der Waals surface area contributed by atoms with E-state index in [0.717, 1.165) is 0 Å². The van der Waals surface area contributed by atoms with E-state index in [2.05, 4.69) is 67.2 Å². The number of hydrogen-bond acceptors (Lipinski definition) is 0. The Morgan fingerprint density at radius 1 is 0.643 bits per heavy atom. The molecule has 82 valence electrons. The Balaban J connectivity index is 4.46. The molecule has 0 radical (unpaired) electrons. The van der Waals surface area contributed by atoms with Crippen molar-refractivity contribution in [3.05, 3.63) is 0 Å². The average molecular weight is 194 g/mol. The summed E-state index contributed by atoms with van der Waals surface area (Å²) < 4.78 is 0. The van der Waals surface area contributed by atoms with Crippen LogP contribution in [0.4, 0.5) is 0 Å². The first-order valence-corrected chi connectivity index (χ1v) is 5.56. The van der Waals surface area contributed by atoms with Gasteiger partial charge in [-0.15, -0.1) is 0 Å². The van der Waals surface area contributed by atoms with Crippen molar-refractivity contribution >= 4 is 0 Å². The van der Waals surface area contributed by atoms with E-state index in [1.54, 1.807) is 0 Å². The molecule has 0 aliphatic rings. The summed E-state index contributed by atoms with van der Waals surface area (Å²) in [5.74, 6) is 7.69. The van der Waals surface area contributed by atoms with Crippen molar-refractivity contribution in [2.75, 3.05) is 0 Å². The van der Waals surface area contributed by atoms with Crippen LogP contribution in [-0.2, 0) is 0 Å². The molecule has 0 fully saturated rings. The van der Waals surface area contributed by atoms with Gasteiger partial charge in [0, 0.05) is 11.8 Å². The Morgan fingerprint density at radius 2 is 0.857 bits per heavy atom. The molecule has 0 nitrogen and oxygen atoms in total. The van der Waals surface area contributed by atoms with Crippen molar-refractivity contribution in [1.29, 1.82) is 0 Å². The molecule has 14 heavy (non-hydrogen) atoms. The molecule has 0 bridgehead atoms. The molecule has 0 aromatic carbocycles. The van der Waals surface area contributed by atoms with E-state index >= 15 is 0 Å². The van der Waals surface area contributed by atoms with Crippen molar-refractivity contribution in [2.45, 2.75) is 55.4 Å². The van der Waals surface area contributed by atoms with Crippen LogP contribution in [0.3, 0.4) is 0 Å². The topological polar surface area (TPSA) is 0 Å². The standard InChI is InChI=1S/C14H26/c1-11(13(3,4)5)9-10-12(2)14(6,7)8/h11-12H,1-8H3. The molecule has 0 aromatic heterocycles. The third-order valence-corrected chi connectivity index (χ3v) is 3.11. The zero-order valence-corrected chi connectivity index (χ0v) is 11.2.